The fourth-order valence-electron chi connectivity index (χ4n) is 4.08. The van der Waals surface area contributed by atoms with Gasteiger partial charge in [0.2, 0.25) is 5.91 Å². The smallest absolute Gasteiger partial charge is 0.306 e. The Bertz CT molecular complexity index is 656. The molecule has 2 saturated carbocycles. The van der Waals surface area contributed by atoms with Crippen molar-refractivity contribution in [1.29, 1.82) is 0 Å². The molecular formula is C19H24N2O4. The number of anilines is 2. The van der Waals surface area contributed by atoms with E-state index < -0.39 is 0 Å². The highest BCUT2D eigenvalue weighted by Gasteiger charge is 2.40. The third kappa shape index (κ3) is 4.81. The van der Waals surface area contributed by atoms with Crippen molar-refractivity contribution >= 4 is 29.2 Å². The third-order valence-electron chi connectivity index (χ3n) is 5.17. The number of hydrogen-bond acceptors (Lipinski definition) is 4. The Balaban J connectivity index is 1.38. The number of esters is 1. The molecule has 0 spiro atoms. The molecule has 6 nitrogen and oxygen atoms in total. The van der Waals surface area contributed by atoms with Gasteiger partial charge in [0.1, 0.15) is 0 Å². The highest BCUT2D eigenvalue weighted by molar-refractivity contribution is 5.93. The number of carbonyl (C=O) groups is 3. The van der Waals surface area contributed by atoms with E-state index in [1.54, 1.807) is 24.3 Å². The van der Waals surface area contributed by atoms with E-state index in [-0.39, 0.29) is 24.4 Å². The van der Waals surface area contributed by atoms with Crippen LogP contribution in [0.2, 0.25) is 0 Å². The van der Waals surface area contributed by atoms with E-state index in [4.69, 9.17) is 4.74 Å². The Kier molecular flexibility index (Phi) is 5.36. The molecule has 0 unspecified atom stereocenters. The van der Waals surface area contributed by atoms with Crippen LogP contribution in [0.25, 0.3) is 0 Å². The molecule has 3 rings (SSSR count). The molecule has 1 aromatic carbocycles. The predicted octanol–water partition coefficient (Wildman–Crippen LogP) is 2.95. The zero-order valence-corrected chi connectivity index (χ0v) is 14.4. The first-order valence-corrected chi connectivity index (χ1v) is 8.82. The second kappa shape index (κ2) is 7.68. The highest BCUT2D eigenvalue weighted by Crippen LogP contribution is 2.49. The van der Waals surface area contributed by atoms with E-state index in [1.807, 2.05) is 0 Å². The summed E-state index contributed by atoms with van der Waals surface area (Å²) in [6, 6.07) is 6.75. The first-order valence-electron chi connectivity index (χ1n) is 8.82. The monoisotopic (exact) mass is 344 g/mol. The summed E-state index contributed by atoms with van der Waals surface area (Å²) in [5.41, 5.74) is 1.24. The largest absolute Gasteiger partial charge is 0.456 e. The molecule has 134 valence electrons. The molecule has 0 saturated heterocycles. The van der Waals surface area contributed by atoms with E-state index >= 15 is 0 Å². The molecule has 3 atom stereocenters. The van der Waals surface area contributed by atoms with E-state index in [9.17, 15) is 14.4 Å². The van der Waals surface area contributed by atoms with Crippen molar-refractivity contribution in [2.24, 2.45) is 17.8 Å². The van der Waals surface area contributed by atoms with Crippen LogP contribution in [0.1, 0.15) is 39.0 Å². The SMILES string of the molecule is CC(=O)Nc1ccc(NC(=O)COC(=O)C[C@H]2C[C@@H]3CC[C@@H]2C3)cc1. The Morgan fingerprint density at radius 2 is 1.72 bits per heavy atom. The van der Waals surface area contributed by atoms with E-state index in [1.165, 1.54) is 26.2 Å². The molecule has 2 fully saturated rings. The summed E-state index contributed by atoms with van der Waals surface area (Å²) < 4.78 is 5.11. The van der Waals surface area contributed by atoms with Crippen LogP contribution in [0.3, 0.4) is 0 Å². The van der Waals surface area contributed by atoms with Crippen molar-refractivity contribution in [3.8, 4) is 0 Å². The Morgan fingerprint density at radius 1 is 1.04 bits per heavy atom. The van der Waals surface area contributed by atoms with Gasteiger partial charge < -0.3 is 15.4 Å². The van der Waals surface area contributed by atoms with Gasteiger partial charge in [-0.3, -0.25) is 14.4 Å². The van der Waals surface area contributed by atoms with Gasteiger partial charge in [-0.1, -0.05) is 6.42 Å². The molecule has 2 aliphatic rings. The number of ether oxygens (including phenoxy) is 1. The molecule has 2 bridgehead atoms. The van der Waals surface area contributed by atoms with Gasteiger partial charge in [0.15, 0.2) is 6.61 Å². The predicted molar refractivity (Wildman–Crippen MR) is 93.9 cm³/mol. The molecule has 2 aliphatic carbocycles. The first kappa shape index (κ1) is 17.5. The van der Waals surface area contributed by atoms with Crippen LogP contribution in [0.15, 0.2) is 24.3 Å². The number of fused-ring (bicyclic) bond motifs is 2. The second-order valence-electron chi connectivity index (χ2n) is 7.11. The van der Waals surface area contributed by atoms with Gasteiger partial charge in [0, 0.05) is 24.7 Å². The summed E-state index contributed by atoms with van der Waals surface area (Å²) in [5, 5.41) is 5.32. The maximum absolute atomic E-state index is 11.9. The topological polar surface area (TPSA) is 84.5 Å². The minimum Gasteiger partial charge on any atom is -0.456 e. The first-order chi connectivity index (χ1) is 12.0. The van der Waals surface area contributed by atoms with Crippen LogP contribution < -0.4 is 10.6 Å². The Morgan fingerprint density at radius 3 is 2.28 bits per heavy atom. The summed E-state index contributed by atoms with van der Waals surface area (Å²) in [5.74, 6) is 1.11. The summed E-state index contributed by atoms with van der Waals surface area (Å²) >= 11 is 0. The second-order valence-corrected chi connectivity index (χ2v) is 7.11. The zero-order valence-electron chi connectivity index (χ0n) is 14.4. The average molecular weight is 344 g/mol. The zero-order chi connectivity index (χ0) is 17.8. The van der Waals surface area contributed by atoms with Gasteiger partial charge in [0.25, 0.3) is 5.91 Å². The Hall–Kier alpha value is -2.37. The number of amides is 2. The molecule has 2 N–H and O–H groups in total. The number of carbonyl (C=O) groups excluding carboxylic acids is 3. The molecule has 0 heterocycles. The molecule has 2 amide bonds. The normalized spacial score (nSPS) is 24.0. The average Bonchev–Trinajstić information content (AvgIpc) is 3.17. The minimum atomic E-state index is -0.367. The lowest BCUT2D eigenvalue weighted by Crippen LogP contribution is -2.23. The van der Waals surface area contributed by atoms with Gasteiger partial charge in [0.05, 0.1) is 0 Å². The summed E-state index contributed by atoms with van der Waals surface area (Å²) in [4.78, 5) is 34.8. The van der Waals surface area contributed by atoms with Gasteiger partial charge in [-0.25, -0.2) is 0 Å². The van der Waals surface area contributed by atoms with Crippen molar-refractivity contribution in [2.75, 3.05) is 17.2 Å². The van der Waals surface area contributed by atoms with Gasteiger partial charge >= 0.3 is 5.97 Å². The number of rotatable bonds is 6. The van der Waals surface area contributed by atoms with Crippen LogP contribution in [-0.4, -0.2) is 24.4 Å². The lowest BCUT2D eigenvalue weighted by molar-refractivity contribution is -0.148. The van der Waals surface area contributed by atoms with E-state index in [2.05, 4.69) is 10.6 Å². The van der Waals surface area contributed by atoms with Crippen molar-refractivity contribution < 1.29 is 19.1 Å². The molecule has 25 heavy (non-hydrogen) atoms. The van der Waals surface area contributed by atoms with E-state index in [0.29, 0.717) is 29.6 Å². The molecule has 0 aliphatic heterocycles. The van der Waals surface area contributed by atoms with Crippen molar-refractivity contribution in [2.45, 2.75) is 39.0 Å². The molecule has 0 aromatic heterocycles. The van der Waals surface area contributed by atoms with Gasteiger partial charge in [-0.15, -0.1) is 0 Å². The van der Waals surface area contributed by atoms with Gasteiger partial charge in [-0.2, -0.15) is 0 Å². The maximum atomic E-state index is 11.9. The Labute approximate surface area is 147 Å². The third-order valence-corrected chi connectivity index (χ3v) is 5.17. The van der Waals surface area contributed by atoms with E-state index in [0.717, 1.165) is 12.3 Å². The number of nitrogens with one attached hydrogen (secondary N) is 2. The van der Waals surface area contributed by atoms with Crippen molar-refractivity contribution in [1.82, 2.24) is 0 Å². The summed E-state index contributed by atoms with van der Waals surface area (Å²) in [6.45, 7) is 1.16. The fourth-order valence-corrected chi connectivity index (χ4v) is 4.08. The minimum absolute atomic E-state index is 0.154. The fraction of sp³-hybridized carbons (Fsp3) is 0.526. The lowest BCUT2D eigenvalue weighted by atomic mass is 9.86. The van der Waals surface area contributed by atoms with Crippen LogP contribution in [0.4, 0.5) is 11.4 Å². The van der Waals surface area contributed by atoms with Crippen LogP contribution in [0.5, 0.6) is 0 Å². The van der Waals surface area contributed by atoms with Crippen LogP contribution in [-0.2, 0) is 19.1 Å². The maximum Gasteiger partial charge on any atom is 0.306 e. The molecule has 0 radical (unpaired) electrons. The standard InChI is InChI=1S/C19H24N2O4/c1-12(22)20-16-4-6-17(7-5-16)21-18(23)11-25-19(24)10-15-9-13-2-3-14(15)8-13/h4-7,13-15H,2-3,8-11H2,1H3,(H,20,22)(H,21,23)/t13-,14-,15-/m1/s1. The van der Waals surface area contributed by atoms with Crippen molar-refractivity contribution in [3.63, 3.8) is 0 Å². The van der Waals surface area contributed by atoms with Gasteiger partial charge in [-0.05, 0) is 61.3 Å². The molecular weight excluding hydrogens is 320 g/mol. The van der Waals surface area contributed by atoms with Crippen LogP contribution >= 0.6 is 0 Å². The number of hydrogen-bond donors (Lipinski definition) is 2. The molecule has 1 aromatic rings. The summed E-state index contributed by atoms with van der Waals surface area (Å²) in [6.07, 6.45) is 5.36. The lowest BCUT2D eigenvalue weighted by Gasteiger charge is -2.20. The molecule has 6 heteroatoms. The summed E-state index contributed by atoms with van der Waals surface area (Å²) in [7, 11) is 0. The van der Waals surface area contributed by atoms with Crippen LogP contribution in [0, 0.1) is 17.8 Å². The van der Waals surface area contributed by atoms with Crippen molar-refractivity contribution in [3.05, 3.63) is 24.3 Å². The quantitative estimate of drug-likeness (QED) is 0.777. The highest BCUT2D eigenvalue weighted by atomic mass is 16.5. The number of benzene rings is 1.